The van der Waals surface area contributed by atoms with Crippen molar-refractivity contribution < 1.29 is 14.7 Å². The molecule has 4 N–H and O–H groups in total. The van der Waals surface area contributed by atoms with E-state index in [0.29, 0.717) is 17.8 Å². The molecule has 0 saturated carbocycles. The van der Waals surface area contributed by atoms with E-state index in [9.17, 15) is 14.7 Å². The van der Waals surface area contributed by atoms with E-state index >= 15 is 0 Å². The molecule has 2 rings (SSSR count). The van der Waals surface area contributed by atoms with Crippen LogP contribution in [0.15, 0.2) is 28.5 Å². The standard InChI is InChI=1S/C10H12N4O3/c1-14-4-9(16)5-2-6(12-13-10(11)17)8(15)3-7(5)14/h2-3,9,16H,4H2,1H3,(H3,11,13,17)/b12-6-. The second kappa shape index (κ2) is 4.02. The molecule has 1 atom stereocenters. The molecule has 0 bridgehead atoms. The summed E-state index contributed by atoms with van der Waals surface area (Å²) >= 11 is 0. The number of nitrogens with one attached hydrogen (secondary N) is 1. The predicted octanol–water partition coefficient (Wildman–Crippen LogP) is -1.29. The van der Waals surface area contributed by atoms with Crippen LogP contribution in [0.3, 0.4) is 0 Å². The number of fused-ring (bicyclic) bond motifs is 1. The van der Waals surface area contributed by atoms with Gasteiger partial charge in [0.05, 0.1) is 6.10 Å². The van der Waals surface area contributed by atoms with Crippen LogP contribution < -0.4 is 11.2 Å². The lowest BCUT2D eigenvalue weighted by Gasteiger charge is -2.15. The van der Waals surface area contributed by atoms with Gasteiger partial charge in [0.1, 0.15) is 5.71 Å². The monoisotopic (exact) mass is 236 g/mol. The quantitative estimate of drug-likeness (QED) is 0.389. The number of amides is 2. The van der Waals surface area contributed by atoms with E-state index in [1.165, 1.54) is 12.2 Å². The molecular formula is C10H12N4O3. The van der Waals surface area contributed by atoms with Crippen LogP contribution in [0.25, 0.3) is 0 Å². The van der Waals surface area contributed by atoms with E-state index in [1.807, 2.05) is 5.43 Å². The molecule has 1 aliphatic heterocycles. The minimum absolute atomic E-state index is 0.0527. The zero-order valence-corrected chi connectivity index (χ0v) is 9.17. The van der Waals surface area contributed by atoms with Crippen LogP contribution in [0.4, 0.5) is 4.79 Å². The highest BCUT2D eigenvalue weighted by atomic mass is 16.3. The molecule has 7 heteroatoms. The molecule has 0 aromatic carbocycles. The number of primary amides is 1. The summed E-state index contributed by atoms with van der Waals surface area (Å²) in [6.45, 7) is 0.432. The van der Waals surface area contributed by atoms with E-state index in [2.05, 4.69) is 5.10 Å². The summed E-state index contributed by atoms with van der Waals surface area (Å²) in [6.07, 6.45) is 2.19. The number of hydrazone groups is 1. The van der Waals surface area contributed by atoms with E-state index < -0.39 is 12.1 Å². The first kappa shape index (κ1) is 11.3. The fourth-order valence-electron chi connectivity index (χ4n) is 1.83. The lowest BCUT2D eigenvalue weighted by molar-refractivity contribution is -0.108. The number of nitrogens with zero attached hydrogens (tertiary/aromatic N) is 2. The van der Waals surface area contributed by atoms with Crippen LogP contribution >= 0.6 is 0 Å². The first-order valence-corrected chi connectivity index (χ1v) is 4.99. The lowest BCUT2D eigenvalue weighted by atomic mass is 10.00. The maximum Gasteiger partial charge on any atom is 0.332 e. The van der Waals surface area contributed by atoms with Gasteiger partial charge in [-0.2, -0.15) is 5.10 Å². The summed E-state index contributed by atoms with van der Waals surface area (Å²) in [5.41, 5.74) is 8.19. The number of carbonyl (C=O) groups is 2. The number of carbonyl (C=O) groups excluding carboxylic acids is 2. The number of aliphatic hydroxyl groups is 1. The van der Waals surface area contributed by atoms with Gasteiger partial charge in [0, 0.05) is 30.9 Å². The Morgan fingerprint density at radius 1 is 1.65 bits per heavy atom. The third-order valence-electron chi connectivity index (χ3n) is 2.61. The van der Waals surface area contributed by atoms with Gasteiger partial charge >= 0.3 is 6.03 Å². The summed E-state index contributed by atoms with van der Waals surface area (Å²) in [7, 11) is 1.78. The van der Waals surface area contributed by atoms with Crippen molar-refractivity contribution in [3.8, 4) is 0 Å². The van der Waals surface area contributed by atoms with Crippen LogP contribution in [-0.4, -0.2) is 47.2 Å². The second-order valence-electron chi connectivity index (χ2n) is 3.86. The van der Waals surface area contributed by atoms with Crippen molar-refractivity contribution >= 4 is 17.5 Å². The SMILES string of the molecule is CN1CC(O)C2=C/C(=N/NC(N)=O)C(=O)C=C21. The zero-order valence-electron chi connectivity index (χ0n) is 9.17. The van der Waals surface area contributed by atoms with Gasteiger partial charge in [-0.15, -0.1) is 0 Å². The van der Waals surface area contributed by atoms with E-state index in [-0.39, 0.29) is 11.5 Å². The van der Waals surface area contributed by atoms with Gasteiger partial charge < -0.3 is 15.7 Å². The van der Waals surface area contributed by atoms with Crippen molar-refractivity contribution in [3.63, 3.8) is 0 Å². The lowest BCUT2D eigenvalue weighted by Crippen LogP contribution is -2.28. The fraction of sp³-hybridized carbons (Fsp3) is 0.300. The van der Waals surface area contributed by atoms with Gasteiger partial charge in [-0.05, 0) is 6.08 Å². The average molecular weight is 236 g/mol. The Bertz CT molecular complexity index is 478. The molecule has 0 aromatic heterocycles. The molecule has 17 heavy (non-hydrogen) atoms. The Labute approximate surface area is 97.3 Å². The molecule has 90 valence electrons. The Kier molecular flexibility index (Phi) is 2.68. The van der Waals surface area contributed by atoms with Gasteiger partial charge in [0.15, 0.2) is 0 Å². The maximum atomic E-state index is 11.6. The van der Waals surface area contributed by atoms with Crippen molar-refractivity contribution in [1.82, 2.24) is 10.3 Å². The van der Waals surface area contributed by atoms with E-state index in [4.69, 9.17) is 5.73 Å². The maximum absolute atomic E-state index is 11.6. The Morgan fingerprint density at radius 3 is 3.00 bits per heavy atom. The molecule has 0 spiro atoms. The molecular weight excluding hydrogens is 224 g/mol. The normalized spacial score (nSPS) is 25.5. The number of hydrogen-bond acceptors (Lipinski definition) is 5. The molecule has 2 amide bonds. The van der Waals surface area contributed by atoms with Crippen LogP contribution in [0.1, 0.15) is 0 Å². The number of likely N-dealkylation sites (N-methyl/N-ethyl adjacent to an activating group) is 1. The highest BCUT2D eigenvalue weighted by molar-refractivity contribution is 6.49. The number of aliphatic hydroxyl groups excluding tert-OH is 1. The molecule has 0 radical (unpaired) electrons. The fourth-order valence-corrected chi connectivity index (χ4v) is 1.83. The molecule has 1 heterocycles. The average Bonchev–Trinajstić information content (AvgIpc) is 2.51. The van der Waals surface area contributed by atoms with Gasteiger partial charge in [-0.1, -0.05) is 0 Å². The summed E-state index contributed by atoms with van der Waals surface area (Å²) in [5.74, 6) is -0.335. The summed E-state index contributed by atoms with van der Waals surface area (Å²) < 4.78 is 0. The van der Waals surface area contributed by atoms with Gasteiger partial charge in [-0.3, -0.25) is 4.79 Å². The molecule has 1 fully saturated rings. The van der Waals surface area contributed by atoms with Crippen LogP contribution in [0.2, 0.25) is 0 Å². The number of likely N-dealkylation sites (tertiary alicyclic amines) is 1. The number of rotatable bonds is 1. The Morgan fingerprint density at radius 2 is 2.35 bits per heavy atom. The van der Waals surface area contributed by atoms with Crippen molar-refractivity contribution in [2.24, 2.45) is 10.8 Å². The van der Waals surface area contributed by atoms with Crippen LogP contribution in [-0.2, 0) is 4.79 Å². The van der Waals surface area contributed by atoms with Crippen molar-refractivity contribution in [2.45, 2.75) is 6.10 Å². The van der Waals surface area contributed by atoms with Crippen LogP contribution in [0.5, 0.6) is 0 Å². The summed E-state index contributed by atoms with van der Waals surface area (Å²) in [4.78, 5) is 23.9. The zero-order chi connectivity index (χ0) is 12.6. The third kappa shape index (κ3) is 2.04. The van der Waals surface area contributed by atoms with Crippen molar-refractivity contribution in [3.05, 3.63) is 23.4 Å². The van der Waals surface area contributed by atoms with E-state index in [1.54, 1.807) is 11.9 Å². The van der Waals surface area contributed by atoms with Crippen molar-refractivity contribution in [2.75, 3.05) is 13.6 Å². The number of allylic oxidation sites excluding steroid dienone is 2. The van der Waals surface area contributed by atoms with Gasteiger partial charge in [0.2, 0.25) is 5.78 Å². The minimum atomic E-state index is -0.845. The smallest absolute Gasteiger partial charge is 0.332 e. The number of urea groups is 1. The van der Waals surface area contributed by atoms with Gasteiger partial charge in [0.25, 0.3) is 0 Å². The highest BCUT2D eigenvalue weighted by Crippen LogP contribution is 2.28. The van der Waals surface area contributed by atoms with Crippen LogP contribution in [0, 0.1) is 0 Å². The largest absolute Gasteiger partial charge is 0.386 e. The number of hydrogen-bond donors (Lipinski definition) is 3. The Balaban J connectivity index is 2.31. The first-order valence-electron chi connectivity index (χ1n) is 4.99. The molecule has 1 unspecified atom stereocenters. The number of ketones is 1. The molecule has 2 aliphatic rings. The first-order chi connectivity index (χ1) is 7.99. The summed E-state index contributed by atoms with van der Waals surface area (Å²) in [6, 6.07) is -0.845. The molecule has 1 aliphatic carbocycles. The highest BCUT2D eigenvalue weighted by Gasteiger charge is 2.32. The number of β-amino-alcohol motifs (C(OH)–C–C–N with tert-alkyl or cyclic N) is 1. The van der Waals surface area contributed by atoms with E-state index in [0.717, 1.165) is 0 Å². The minimum Gasteiger partial charge on any atom is -0.386 e. The predicted molar refractivity (Wildman–Crippen MR) is 60.0 cm³/mol. The molecule has 7 nitrogen and oxygen atoms in total. The Hall–Kier alpha value is -2.15. The summed E-state index contributed by atoms with van der Waals surface area (Å²) in [5, 5.41) is 13.3. The second-order valence-corrected chi connectivity index (χ2v) is 3.86. The topological polar surface area (TPSA) is 108 Å². The number of nitrogens with two attached hydrogens (primary N) is 1. The third-order valence-corrected chi connectivity index (χ3v) is 2.61. The molecule has 0 aromatic rings. The molecule has 1 saturated heterocycles. The van der Waals surface area contributed by atoms with Crippen molar-refractivity contribution in [1.29, 1.82) is 0 Å². The van der Waals surface area contributed by atoms with Gasteiger partial charge in [-0.25, -0.2) is 10.2 Å².